The SMILES string of the molecule is C=CCc1ccc(CCCCC(CCCCN)CCN=C/C(=C\N)CCC)cc1F. The molecule has 1 aromatic carbocycles. The van der Waals surface area contributed by atoms with Crippen LogP contribution in [0.15, 0.2) is 47.6 Å². The van der Waals surface area contributed by atoms with Gasteiger partial charge >= 0.3 is 0 Å². The highest BCUT2D eigenvalue weighted by Crippen LogP contribution is 2.21. The van der Waals surface area contributed by atoms with Crippen LogP contribution in [0.2, 0.25) is 0 Å². The normalized spacial score (nSPS) is 13.1. The molecule has 0 fully saturated rings. The van der Waals surface area contributed by atoms with Crippen molar-refractivity contribution in [2.45, 2.75) is 77.6 Å². The third-order valence-corrected chi connectivity index (χ3v) is 5.55. The first-order valence-corrected chi connectivity index (χ1v) is 11.6. The summed E-state index contributed by atoms with van der Waals surface area (Å²) >= 11 is 0. The van der Waals surface area contributed by atoms with Crippen molar-refractivity contribution in [3.63, 3.8) is 0 Å². The Bertz CT molecular complexity index is 652. The minimum atomic E-state index is -0.112. The van der Waals surface area contributed by atoms with E-state index in [1.165, 1.54) is 19.3 Å². The molecule has 0 aliphatic heterocycles. The Morgan fingerprint density at radius 3 is 2.57 bits per heavy atom. The van der Waals surface area contributed by atoms with Crippen molar-refractivity contribution in [2.75, 3.05) is 13.1 Å². The molecule has 0 radical (unpaired) electrons. The fraction of sp³-hybridized carbons (Fsp3) is 0.577. The Hall–Kier alpha value is -1.94. The summed E-state index contributed by atoms with van der Waals surface area (Å²) < 4.78 is 14.1. The first-order valence-electron chi connectivity index (χ1n) is 11.6. The molecule has 4 heteroatoms. The number of hydrogen-bond acceptors (Lipinski definition) is 3. The van der Waals surface area contributed by atoms with Crippen LogP contribution in [0.4, 0.5) is 4.39 Å². The van der Waals surface area contributed by atoms with Crippen LogP contribution in [-0.4, -0.2) is 19.3 Å². The predicted molar refractivity (Wildman–Crippen MR) is 129 cm³/mol. The van der Waals surface area contributed by atoms with Crippen LogP contribution in [0.1, 0.15) is 75.8 Å². The molecule has 0 saturated carbocycles. The molecule has 168 valence electrons. The second kappa shape index (κ2) is 16.8. The molecule has 1 aromatic rings. The Kier molecular flexibility index (Phi) is 14.6. The molecule has 0 heterocycles. The molecular formula is C26H42FN3. The number of aryl methyl sites for hydroxylation is 1. The number of aliphatic imine (C=N–C) groups is 1. The van der Waals surface area contributed by atoms with Crippen LogP contribution in [-0.2, 0) is 12.8 Å². The van der Waals surface area contributed by atoms with E-state index in [-0.39, 0.29) is 5.82 Å². The first-order chi connectivity index (χ1) is 14.6. The molecule has 0 aliphatic rings. The van der Waals surface area contributed by atoms with E-state index in [4.69, 9.17) is 11.5 Å². The zero-order chi connectivity index (χ0) is 22.0. The summed E-state index contributed by atoms with van der Waals surface area (Å²) in [6.45, 7) is 7.44. The zero-order valence-corrected chi connectivity index (χ0v) is 18.9. The van der Waals surface area contributed by atoms with Crippen molar-refractivity contribution in [1.29, 1.82) is 0 Å². The highest BCUT2D eigenvalue weighted by molar-refractivity contribution is 5.78. The fourth-order valence-electron chi connectivity index (χ4n) is 3.76. The minimum Gasteiger partial charge on any atom is -0.404 e. The molecule has 0 spiro atoms. The Balaban J connectivity index is 2.43. The van der Waals surface area contributed by atoms with Gasteiger partial charge in [-0.3, -0.25) is 4.99 Å². The monoisotopic (exact) mass is 415 g/mol. The molecule has 4 N–H and O–H groups in total. The maximum Gasteiger partial charge on any atom is 0.126 e. The van der Waals surface area contributed by atoms with E-state index < -0.39 is 0 Å². The number of nitrogens with two attached hydrogens (primary N) is 2. The number of benzene rings is 1. The van der Waals surface area contributed by atoms with Crippen LogP contribution < -0.4 is 11.5 Å². The molecule has 0 amide bonds. The van der Waals surface area contributed by atoms with Gasteiger partial charge in [0.05, 0.1) is 0 Å². The summed E-state index contributed by atoms with van der Waals surface area (Å²) in [4.78, 5) is 4.59. The van der Waals surface area contributed by atoms with Crippen LogP contribution in [0.25, 0.3) is 0 Å². The van der Waals surface area contributed by atoms with E-state index in [9.17, 15) is 4.39 Å². The van der Waals surface area contributed by atoms with Crippen molar-refractivity contribution in [1.82, 2.24) is 0 Å². The third kappa shape index (κ3) is 11.3. The summed E-state index contributed by atoms with van der Waals surface area (Å²) in [5.74, 6) is 0.566. The average Bonchev–Trinajstić information content (AvgIpc) is 2.74. The van der Waals surface area contributed by atoms with Gasteiger partial charge in [0.1, 0.15) is 5.82 Å². The fourth-order valence-corrected chi connectivity index (χ4v) is 3.76. The van der Waals surface area contributed by atoms with Gasteiger partial charge in [-0.2, -0.15) is 0 Å². The lowest BCUT2D eigenvalue weighted by atomic mass is 9.92. The summed E-state index contributed by atoms with van der Waals surface area (Å²) in [7, 11) is 0. The molecule has 1 unspecified atom stereocenters. The number of hydrogen-bond donors (Lipinski definition) is 2. The molecule has 0 aromatic heterocycles. The lowest BCUT2D eigenvalue weighted by molar-refractivity contribution is 0.394. The van der Waals surface area contributed by atoms with E-state index in [1.807, 2.05) is 18.3 Å². The van der Waals surface area contributed by atoms with Gasteiger partial charge in [0.15, 0.2) is 0 Å². The van der Waals surface area contributed by atoms with E-state index in [0.717, 1.165) is 74.7 Å². The number of nitrogens with zero attached hydrogens (tertiary/aromatic N) is 1. The smallest absolute Gasteiger partial charge is 0.126 e. The van der Waals surface area contributed by atoms with Crippen molar-refractivity contribution in [2.24, 2.45) is 22.4 Å². The van der Waals surface area contributed by atoms with Crippen LogP contribution in [0.3, 0.4) is 0 Å². The maximum absolute atomic E-state index is 14.1. The van der Waals surface area contributed by atoms with Gasteiger partial charge in [-0.25, -0.2) is 4.39 Å². The molecular weight excluding hydrogens is 373 g/mol. The van der Waals surface area contributed by atoms with E-state index >= 15 is 0 Å². The molecule has 0 saturated heterocycles. The van der Waals surface area contributed by atoms with Crippen molar-refractivity contribution < 1.29 is 4.39 Å². The van der Waals surface area contributed by atoms with Gasteiger partial charge in [-0.15, -0.1) is 6.58 Å². The predicted octanol–water partition coefficient (Wildman–Crippen LogP) is 6.12. The number of rotatable bonds is 17. The topological polar surface area (TPSA) is 64.4 Å². The second-order valence-corrected chi connectivity index (χ2v) is 8.13. The highest BCUT2D eigenvalue weighted by Gasteiger charge is 2.09. The first kappa shape index (κ1) is 26.1. The van der Waals surface area contributed by atoms with Crippen LogP contribution in [0, 0.1) is 11.7 Å². The Morgan fingerprint density at radius 1 is 1.17 bits per heavy atom. The summed E-state index contributed by atoms with van der Waals surface area (Å²) in [5.41, 5.74) is 14.2. The summed E-state index contributed by atoms with van der Waals surface area (Å²) in [6.07, 6.45) is 17.0. The van der Waals surface area contributed by atoms with Gasteiger partial charge in [0, 0.05) is 12.8 Å². The minimum absolute atomic E-state index is 0.112. The van der Waals surface area contributed by atoms with Crippen molar-refractivity contribution in [3.05, 3.63) is 59.6 Å². The number of halogens is 1. The summed E-state index contributed by atoms with van der Waals surface area (Å²) in [6, 6.07) is 5.63. The molecule has 1 rings (SSSR count). The van der Waals surface area contributed by atoms with E-state index in [2.05, 4.69) is 18.5 Å². The Labute approximate surface area is 183 Å². The molecule has 0 aliphatic carbocycles. The molecule has 1 atom stereocenters. The molecule has 0 bridgehead atoms. The van der Waals surface area contributed by atoms with Crippen molar-refractivity contribution in [3.8, 4) is 0 Å². The standard InChI is InChI=1S/C26H42FN3/c1-3-9-24(20-29)21-30-18-16-22(12-7-8-17-28)11-5-6-13-23-14-15-25(10-4-2)26(27)19-23/h4,14-15,19-22H,2-3,5-13,16-18,28-29H2,1H3/b24-20-,30-21?. The van der Waals surface area contributed by atoms with Crippen LogP contribution in [0.5, 0.6) is 0 Å². The highest BCUT2D eigenvalue weighted by atomic mass is 19.1. The molecule has 30 heavy (non-hydrogen) atoms. The molecule has 3 nitrogen and oxygen atoms in total. The van der Waals surface area contributed by atoms with Crippen LogP contribution >= 0.6 is 0 Å². The zero-order valence-electron chi connectivity index (χ0n) is 18.9. The van der Waals surface area contributed by atoms with Gasteiger partial charge < -0.3 is 11.5 Å². The maximum atomic E-state index is 14.1. The largest absolute Gasteiger partial charge is 0.404 e. The van der Waals surface area contributed by atoms with Gasteiger partial charge in [0.25, 0.3) is 0 Å². The average molecular weight is 416 g/mol. The lowest BCUT2D eigenvalue weighted by Crippen LogP contribution is -2.06. The van der Waals surface area contributed by atoms with Gasteiger partial charge in [-0.05, 0) is 80.0 Å². The second-order valence-electron chi connectivity index (χ2n) is 8.13. The number of unbranched alkanes of at least 4 members (excludes halogenated alkanes) is 2. The summed E-state index contributed by atoms with van der Waals surface area (Å²) in [5, 5.41) is 0. The third-order valence-electron chi connectivity index (χ3n) is 5.55. The van der Waals surface area contributed by atoms with E-state index in [1.54, 1.807) is 18.3 Å². The van der Waals surface area contributed by atoms with Gasteiger partial charge in [-0.1, -0.05) is 57.2 Å². The number of allylic oxidation sites excluding steroid dienone is 2. The lowest BCUT2D eigenvalue weighted by Gasteiger charge is -2.16. The van der Waals surface area contributed by atoms with Gasteiger partial charge in [0.2, 0.25) is 0 Å². The quantitative estimate of drug-likeness (QED) is 0.183. The van der Waals surface area contributed by atoms with Crippen molar-refractivity contribution >= 4 is 6.21 Å². The Morgan fingerprint density at radius 2 is 1.93 bits per heavy atom. The van der Waals surface area contributed by atoms with E-state index in [0.29, 0.717) is 12.3 Å².